The van der Waals surface area contributed by atoms with Crippen molar-refractivity contribution in [1.82, 2.24) is 0 Å². The number of hydrogen-bond acceptors (Lipinski definition) is 5. The van der Waals surface area contributed by atoms with Crippen LogP contribution in [0.15, 0.2) is 17.1 Å². The Balaban J connectivity index is -0.000000223. The van der Waals surface area contributed by atoms with E-state index in [1.165, 1.54) is 18.4 Å². The van der Waals surface area contributed by atoms with Gasteiger partial charge in [0.1, 0.15) is 0 Å². The molecule has 122 valence electrons. The van der Waals surface area contributed by atoms with Crippen molar-refractivity contribution < 1.29 is 27.2 Å². The molecule has 0 amide bonds. The van der Waals surface area contributed by atoms with Gasteiger partial charge in [-0.05, 0) is 39.2 Å². The second kappa shape index (κ2) is 14.4. The van der Waals surface area contributed by atoms with Crippen LogP contribution in [0.2, 0.25) is 0 Å². The van der Waals surface area contributed by atoms with E-state index in [0.717, 1.165) is 0 Å². The monoisotopic (exact) mass is 312 g/mol. The van der Waals surface area contributed by atoms with Gasteiger partial charge in [0.25, 0.3) is 0 Å². The predicted octanol–water partition coefficient (Wildman–Crippen LogP) is -0.682. The molecule has 0 heterocycles. The maximum atomic E-state index is 10.5. The highest BCUT2D eigenvalue weighted by atomic mass is 32.3. The zero-order chi connectivity index (χ0) is 16.8. The summed E-state index contributed by atoms with van der Waals surface area (Å²) in [6, 6.07) is 0. The zero-order valence-electron chi connectivity index (χ0n) is 13.3. The van der Waals surface area contributed by atoms with Crippen LogP contribution in [-0.4, -0.2) is 52.7 Å². The molecule has 0 aliphatic heterocycles. The van der Waals surface area contributed by atoms with Crippen LogP contribution in [0.25, 0.3) is 0 Å². The molecule has 0 rings (SSSR count). The Bertz CT molecular complexity index is 364. The highest BCUT2D eigenvalue weighted by Gasteiger charge is 1.98. The number of nitrogens with zero attached hydrogens (tertiary/aromatic N) is 1. The van der Waals surface area contributed by atoms with Gasteiger partial charge in [0.2, 0.25) is 0 Å². The highest BCUT2D eigenvalue weighted by Crippen LogP contribution is 1.84. The third kappa shape index (κ3) is 30.2. The summed E-state index contributed by atoms with van der Waals surface area (Å²) >= 11 is 0. The van der Waals surface area contributed by atoms with E-state index in [0.29, 0.717) is 12.1 Å². The molecule has 0 aliphatic carbocycles. The van der Waals surface area contributed by atoms with Crippen molar-refractivity contribution in [3.63, 3.8) is 0 Å². The minimum Gasteiger partial charge on any atom is -0.859 e. The van der Waals surface area contributed by atoms with Crippen LogP contribution in [0, 0.1) is 0 Å². The van der Waals surface area contributed by atoms with E-state index in [9.17, 15) is 13.5 Å². The van der Waals surface area contributed by atoms with Crippen molar-refractivity contribution in [2.24, 2.45) is 4.99 Å². The lowest BCUT2D eigenvalue weighted by Gasteiger charge is -2.07. The molecular formula is C12H28N2O5S. The number of nitrogens with one attached hydrogen (secondary N) is 1. The maximum Gasteiger partial charge on any atom is 0.397 e. The maximum absolute atomic E-state index is 10.5. The van der Waals surface area contributed by atoms with Crippen molar-refractivity contribution in [1.29, 1.82) is 0 Å². The van der Waals surface area contributed by atoms with Gasteiger partial charge in [0.15, 0.2) is 0 Å². The molecule has 0 bridgehead atoms. The lowest BCUT2D eigenvalue weighted by atomic mass is 10.3. The van der Waals surface area contributed by atoms with Crippen LogP contribution in [0.5, 0.6) is 0 Å². The average molecular weight is 312 g/mol. The first-order valence-corrected chi connectivity index (χ1v) is 7.66. The molecule has 7 nitrogen and oxygen atoms in total. The van der Waals surface area contributed by atoms with E-state index in [1.807, 2.05) is 6.92 Å². The second-order valence-electron chi connectivity index (χ2n) is 3.95. The fourth-order valence-electron chi connectivity index (χ4n) is 0.427. The minimum absolute atomic E-state index is 0.0289. The number of quaternary nitrogens is 1. The van der Waals surface area contributed by atoms with Gasteiger partial charge < -0.3 is 15.0 Å². The minimum atomic E-state index is -4.17. The molecule has 0 saturated heterocycles. The van der Waals surface area contributed by atoms with Gasteiger partial charge >= 0.3 is 10.4 Å². The fourth-order valence-corrected chi connectivity index (χ4v) is 0.725. The van der Waals surface area contributed by atoms with E-state index in [1.54, 1.807) is 6.92 Å². The molecule has 0 aromatic carbocycles. The van der Waals surface area contributed by atoms with E-state index >= 15 is 0 Å². The quantitative estimate of drug-likeness (QED) is 0.398. The molecule has 0 radical (unpaired) electrons. The Kier molecular flexibility index (Phi) is 17.4. The third-order valence-corrected chi connectivity index (χ3v) is 2.17. The van der Waals surface area contributed by atoms with Gasteiger partial charge in [-0.25, -0.2) is 4.18 Å². The molecule has 20 heavy (non-hydrogen) atoms. The third-order valence-electron chi connectivity index (χ3n) is 1.64. The van der Waals surface area contributed by atoms with Gasteiger partial charge in [-0.15, -0.1) is 0 Å². The summed E-state index contributed by atoms with van der Waals surface area (Å²) < 4.78 is 30.7. The standard InChI is InChI=1S/C6H11NO.C4H11N.C2H6O4S/c1-4-7-6(8)5(2)3;1-4-5(2)3;1-2-6-7(3,4)5/h2,4H2,1,3H3,(H,7,8);4H2,1-3H3;2H2,1H3,(H,3,4,5). The molecular weight excluding hydrogens is 284 g/mol. The molecule has 8 heteroatoms. The lowest BCUT2D eigenvalue weighted by molar-refractivity contribution is -0.856. The summed E-state index contributed by atoms with van der Waals surface area (Å²) in [7, 11) is 0.104. The molecule has 2 N–H and O–H groups in total. The fraction of sp³-hybridized carbons (Fsp3) is 0.750. The summed E-state index contributed by atoms with van der Waals surface area (Å²) in [6.45, 7) is 12.3. The number of aliphatic imine (C=N–C) groups is 1. The van der Waals surface area contributed by atoms with Crippen molar-refractivity contribution in [3.8, 4) is 0 Å². The van der Waals surface area contributed by atoms with Crippen molar-refractivity contribution in [2.45, 2.75) is 27.7 Å². The van der Waals surface area contributed by atoms with Gasteiger partial charge in [0.05, 0.1) is 27.2 Å². The topological polar surface area (TPSA) is 103 Å². The van der Waals surface area contributed by atoms with Gasteiger partial charge in [-0.2, -0.15) is 8.42 Å². The second-order valence-corrected chi connectivity index (χ2v) is 5.05. The van der Waals surface area contributed by atoms with E-state index < -0.39 is 10.4 Å². The van der Waals surface area contributed by atoms with E-state index in [2.05, 4.69) is 36.8 Å². The number of hydrogen-bond donors (Lipinski definition) is 2. The van der Waals surface area contributed by atoms with Crippen molar-refractivity contribution >= 4 is 16.3 Å². The van der Waals surface area contributed by atoms with Crippen LogP contribution in [0.4, 0.5) is 0 Å². The normalized spacial score (nSPS) is 11.1. The first-order valence-electron chi connectivity index (χ1n) is 6.29. The smallest absolute Gasteiger partial charge is 0.397 e. The zero-order valence-corrected chi connectivity index (χ0v) is 14.1. The van der Waals surface area contributed by atoms with Crippen LogP contribution in [0.3, 0.4) is 0 Å². The summed E-state index contributed by atoms with van der Waals surface area (Å²) in [6.07, 6.45) is 0. The Morgan fingerprint density at radius 1 is 1.35 bits per heavy atom. The Labute approximate surface area is 122 Å². The lowest BCUT2D eigenvalue weighted by Crippen LogP contribution is -3.05. The molecule has 0 saturated carbocycles. The van der Waals surface area contributed by atoms with Gasteiger partial charge in [-0.3, -0.25) is 4.55 Å². The first kappa shape index (κ1) is 24.1. The predicted molar refractivity (Wildman–Crippen MR) is 79.3 cm³/mol. The van der Waals surface area contributed by atoms with Crippen molar-refractivity contribution in [2.75, 3.05) is 33.8 Å². The summed E-state index contributed by atoms with van der Waals surface area (Å²) in [5.74, 6) is -0.187. The first-order chi connectivity index (χ1) is 9.01. The summed E-state index contributed by atoms with van der Waals surface area (Å²) in [4.78, 5) is 5.09. The van der Waals surface area contributed by atoms with Crippen LogP contribution in [0.1, 0.15) is 27.7 Å². The van der Waals surface area contributed by atoms with Crippen LogP contribution < -0.4 is 10.0 Å². The molecule has 0 atom stereocenters. The molecule has 0 unspecified atom stereocenters. The van der Waals surface area contributed by atoms with Gasteiger partial charge in [0, 0.05) is 6.54 Å². The number of rotatable bonds is 5. The Hall–Kier alpha value is -0.960. The molecule has 0 aliphatic rings. The Morgan fingerprint density at radius 2 is 1.75 bits per heavy atom. The van der Waals surface area contributed by atoms with Crippen LogP contribution >= 0.6 is 0 Å². The molecule has 0 aromatic heterocycles. The van der Waals surface area contributed by atoms with Gasteiger partial charge in [-0.1, -0.05) is 6.58 Å². The molecule has 0 spiro atoms. The van der Waals surface area contributed by atoms with E-state index in [4.69, 9.17) is 4.55 Å². The van der Waals surface area contributed by atoms with E-state index in [-0.39, 0.29) is 12.5 Å². The molecule has 0 aromatic rings. The van der Waals surface area contributed by atoms with Crippen LogP contribution in [-0.2, 0) is 14.6 Å². The average Bonchev–Trinajstić information content (AvgIpc) is 2.29. The summed E-state index contributed by atoms with van der Waals surface area (Å²) in [5, 5.41) is 10.5. The van der Waals surface area contributed by atoms with Crippen molar-refractivity contribution in [3.05, 3.63) is 12.2 Å². The Morgan fingerprint density at radius 3 is 1.80 bits per heavy atom. The SMILES string of the molecule is C=C(C)C([O-])=NCC.CCOS(=O)(=O)O.CC[NH+](C)C. The highest BCUT2D eigenvalue weighted by molar-refractivity contribution is 7.80. The summed E-state index contributed by atoms with van der Waals surface area (Å²) in [5.41, 5.74) is 0.506. The largest absolute Gasteiger partial charge is 0.859 e. The molecule has 0 fully saturated rings.